The van der Waals surface area contributed by atoms with Crippen LogP contribution >= 0.6 is 11.3 Å². The molecule has 0 radical (unpaired) electrons. The van der Waals surface area contributed by atoms with Gasteiger partial charge in [-0.15, -0.1) is 11.3 Å². The number of carbonyl (C=O) groups excluding carboxylic acids is 1. The largest absolute Gasteiger partial charge is 0.476 e. The number of thiazole rings is 1. The van der Waals surface area contributed by atoms with Crippen molar-refractivity contribution < 1.29 is 14.7 Å². The van der Waals surface area contributed by atoms with E-state index in [0.717, 1.165) is 5.56 Å². The standard InChI is InChI=1S/C15H17N3O3S/c1-15(2,3)9-4-5-10(16-6-9)13(19)17-7-12-18-11(8-22-12)14(20)21/h4-6,8H,7H2,1-3H3,(H,17,19)(H,20,21). The summed E-state index contributed by atoms with van der Waals surface area (Å²) in [5.74, 6) is -1.39. The van der Waals surface area contributed by atoms with E-state index in [0.29, 0.717) is 10.7 Å². The number of carbonyl (C=O) groups is 2. The van der Waals surface area contributed by atoms with Crippen LogP contribution in [0.2, 0.25) is 0 Å². The van der Waals surface area contributed by atoms with Crippen molar-refractivity contribution in [3.63, 3.8) is 0 Å². The summed E-state index contributed by atoms with van der Waals surface area (Å²) in [6.07, 6.45) is 1.70. The van der Waals surface area contributed by atoms with Crippen LogP contribution in [0.1, 0.15) is 52.3 Å². The van der Waals surface area contributed by atoms with Crippen molar-refractivity contribution in [1.29, 1.82) is 0 Å². The molecule has 0 aliphatic heterocycles. The molecule has 2 rings (SSSR count). The molecule has 0 unspecified atom stereocenters. The second kappa shape index (κ2) is 6.23. The first-order chi connectivity index (χ1) is 10.3. The van der Waals surface area contributed by atoms with Crippen LogP contribution in [0.5, 0.6) is 0 Å². The first-order valence-corrected chi connectivity index (χ1v) is 7.58. The number of carboxylic acid groups (broad SMARTS) is 1. The minimum atomic E-state index is -1.08. The van der Waals surface area contributed by atoms with E-state index in [1.165, 1.54) is 16.7 Å². The molecule has 2 heterocycles. The fraction of sp³-hybridized carbons (Fsp3) is 0.333. The second-order valence-electron chi connectivity index (χ2n) is 5.80. The van der Waals surface area contributed by atoms with Gasteiger partial charge < -0.3 is 10.4 Å². The van der Waals surface area contributed by atoms with Gasteiger partial charge >= 0.3 is 5.97 Å². The van der Waals surface area contributed by atoms with Gasteiger partial charge in [-0.3, -0.25) is 9.78 Å². The highest BCUT2D eigenvalue weighted by atomic mass is 32.1. The Morgan fingerprint density at radius 1 is 1.27 bits per heavy atom. The Kier molecular flexibility index (Phi) is 4.56. The van der Waals surface area contributed by atoms with Gasteiger partial charge in [0.05, 0.1) is 6.54 Å². The third kappa shape index (κ3) is 3.88. The maximum atomic E-state index is 12.0. The van der Waals surface area contributed by atoms with Crippen molar-refractivity contribution in [2.75, 3.05) is 0 Å². The fourth-order valence-corrected chi connectivity index (χ4v) is 2.42. The Hall–Kier alpha value is -2.28. The molecule has 0 saturated heterocycles. The zero-order chi connectivity index (χ0) is 16.3. The van der Waals surface area contributed by atoms with Crippen LogP contribution < -0.4 is 5.32 Å². The van der Waals surface area contributed by atoms with Gasteiger partial charge in [-0.1, -0.05) is 26.8 Å². The monoisotopic (exact) mass is 319 g/mol. The van der Waals surface area contributed by atoms with Crippen molar-refractivity contribution in [3.8, 4) is 0 Å². The molecule has 0 atom stereocenters. The van der Waals surface area contributed by atoms with Gasteiger partial charge in [0.2, 0.25) is 0 Å². The maximum absolute atomic E-state index is 12.0. The highest BCUT2D eigenvalue weighted by molar-refractivity contribution is 7.09. The zero-order valence-corrected chi connectivity index (χ0v) is 13.4. The third-order valence-electron chi connectivity index (χ3n) is 3.03. The van der Waals surface area contributed by atoms with Gasteiger partial charge in [-0.25, -0.2) is 9.78 Å². The SMILES string of the molecule is CC(C)(C)c1ccc(C(=O)NCc2nc(C(=O)O)cs2)nc1. The van der Waals surface area contributed by atoms with Crippen LogP contribution in [0.15, 0.2) is 23.7 Å². The number of aromatic nitrogens is 2. The summed E-state index contributed by atoms with van der Waals surface area (Å²) >= 11 is 1.19. The van der Waals surface area contributed by atoms with E-state index in [4.69, 9.17) is 5.11 Å². The number of nitrogens with zero attached hydrogens (tertiary/aromatic N) is 2. The Balaban J connectivity index is 1.98. The van der Waals surface area contributed by atoms with Gasteiger partial charge in [-0.05, 0) is 17.0 Å². The number of aromatic carboxylic acids is 1. The number of nitrogens with one attached hydrogen (secondary N) is 1. The lowest BCUT2D eigenvalue weighted by atomic mass is 9.88. The number of carboxylic acids is 1. The van der Waals surface area contributed by atoms with E-state index < -0.39 is 5.97 Å². The Morgan fingerprint density at radius 3 is 2.50 bits per heavy atom. The summed E-state index contributed by atoms with van der Waals surface area (Å²) in [5, 5.41) is 13.5. The predicted octanol–water partition coefficient (Wildman–Crippen LogP) is 2.46. The molecular formula is C15H17N3O3S. The molecule has 116 valence electrons. The molecule has 7 heteroatoms. The van der Waals surface area contributed by atoms with Crippen LogP contribution in [0.3, 0.4) is 0 Å². The molecule has 2 aromatic rings. The molecule has 2 N–H and O–H groups in total. The predicted molar refractivity (Wildman–Crippen MR) is 83.2 cm³/mol. The first kappa shape index (κ1) is 16.1. The maximum Gasteiger partial charge on any atom is 0.355 e. The molecule has 22 heavy (non-hydrogen) atoms. The van der Waals surface area contributed by atoms with E-state index in [-0.39, 0.29) is 23.6 Å². The highest BCUT2D eigenvalue weighted by Gasteiger charge is 2.15. The molecule has 0 aromatic carbocycles. The average molecular weight is 319 g/mol. The van der Waals surface area contributed by atoms with E-state index in [2.05, 4.69) is 36.1 Å². The molecule has 2 aromatic heterocycles. The summed E-state index contributed by atoms with van der Waals surface area (Å²) in [6.45, 7) is 6.41. The summed E-state index contributed by atoms with van der Waals surface area (Å²) in [5.41, 5.74) is 1.34. The van der Waals surface area contributed by atoms with Crippen molar-refractivity contribution in [3.05, 3.63) is 45.7 Å². The first-order valence-electron chi connectivity index (χ1n) is 6.70. The summed E-state index contributed by atoms with van der Waals surface area (Å²) < 4.78 is 0. The lowest BCUT2D eigenvalue weighted by Gasteiger charge is -2.18. The minimum absolute atomic E-state index is 0.0121. The smallest absolute Gasteiger partial charge is 0.355 e. The van der Waals surface area contributed by atoms with Gasteiger partial charge in [-0.2, -0.15) is 0 Å². The van der Waals surface area contributed by atoms with E-state index in [9.17, 15) is 9.59 Å². The fourth-order valence-electron chi connectivity index (χ4n) is 1.71. The third-order valence-corrected chi connectivity index (χ3v) is 3.88. The van der Waals surface area contributed by atoms with Crippen LogP contribution in [-0.2, 0) is 12.0 Å². The van der Waals surface area contributed by atoms with Crippen molar-refractivity contribution in [2.45, 2.75) is 32.7 Å². The zero-order valence-electron chi connectivity index (χ0n) is 12.6. The molecule has 0 saturated carbocycles. The topological polar surface area (TPSA) is 92.2 Å². The van der Waals surface area contributed by atoms with Gasteiger partial charge in [0.1, 0.15) is 10.7 Å². The van der Waals surface area contributed by atoms with Gasteiger partial charge in [0, 0.05) is 11.6 Å². The molecule has 0 aliphatic rings. The number of hydrogen-bond acceptors (Lipinski definition) is 5. The van der Waals surface area contributed by atoms with Crippen molar-refractivity contribution in [1.82, 2.24) is 15.3 Å². The molecule has 0 spiro atoms. The molecule has 1 amide bonds. The Labute approximate surface area is 132 Å². The second-order valence-corrected chi connectivity index (χ2v) is 6.74. The summed E-state index contributed by atoms with van der Waals surface area (Å²) in [6, 6.07) is 3.56. The number of hydrogen-bond donors (Lipinski definition) is 2. The van der Waals surface area contributed by atoms with Crippen molar-refractivity contribution >= 4 is 23.2 Å². The number of rotatable bonds is 4. The quantitative estimate of drug-likeness (QED) is 0.903. The lowest BCUT2D eigenvalue weighted by Crippen LogP contribution is -2.24. The normalized spacial score (nSPS) is 11.2. The van der Waals surface area contributed by atoms with Crippen molar-refractivity contribution in [2.24, 2.45) is 0 Å². The lowest BCUT2D eigenvalue weighted by molar-refractivity contribution is 0.0691. The Bertz CT molecular complexity index is 687. The summed E-state index contributed by atoms with van der Waals surface area (Å²) in [4.78, 5) is 30.8. The molecule has 0 aliphatic carbocycles. The molecule has 0 fully saturated rings. The molecular weight excluding hydrogens is 302 g/mol. The minimum Gasteiger partial charge on any atom is -0.476 e. The Morgan fingerprint density at radius 2 is 2.00 bits per heavy atom. The van der Waals surface area contributed by atoms with Crippen LogP contribution in [0.25, 0.3) is 0 Å². The van der Waals surface area contributed by atoms with Crippen LogP contribution in [0.4, 0.5) is 0 Å². The van der Waals surface area contributed by atoms with Gasteiger partial charge in [0.15, 0.2) is 5.69 Å². The van der Waals surface area contributed by atoms with Crippen LogP contribution in [0, 0.1) is 0 Å². The van der Waals surface area contributed by atoms with E-state index in [1.807, 2.05) is 6.07 Å². The number of pyridine rings is 1. The van der Waals surface area contributed by atoms with Crippen LogP contribution in [-0.4, -0.2) is 27.0 Å². The van der Waals surface area contributed by atoms with E-state index in [1.54, 1.807) is 12.3 Å². The average Bonchev–Trinajstić information content (AvgIpc) is 2.93. The highest BCUT2D eigenvalue weighted by Crippen LogP contribution is 2.21. The molecule has 6 nitrogen and oxygen atoms in total. The van der Waals surface area contributed by atoms with Gasteiger partial charge in [0.25, 0.3) is 5.91 Å². The van der Waals surface area contributed by atoms with E-state index >= 15 is 0 Å². The molecule has 0 bridgehead atoms. The summed E-state index contributed by atoms with van der Waals surface area (Å²) in [7, 11) is 0. The number of amides is 1.